The van der Waals surface area contributed by atoms with Crippen molar-refractivity contribution in [1.82, 2.24) is 15.2 Å². The largest absolute Gasteiger partial charge is 0.382 e. The highest BCUT2D eigenvalue weighted by atomic mass is 32.1. The van der Waals surface area contributed by atoms with Crippen molar-refractivity contribution in [3.05, 3.63) is 44.9 Å². The second kappa shape index (κ2) is 8.14. The second-order valence-electron chi connectivity index (χ2n) is 7.00. The molecular weight excluding hydrogens is 382 g/mol. The molecule has 1 saturated heterocycles. The van der Waals surface area contributed by atoms with Gasteiger partial charge in [0.05, 0.1) is 22.5 Å². The molecule has 8 heteroatoms. The van der Waals surface area contributed by atoms with Gasteiger partial charge in [0, 0.05) is 55.5 Å². The average Bonchev–Trinajstić information content (AvgIpc) is 2.97. The number of rotatable bonds is 5. The van der Waals surface area contributed by atoms with Gasteiger partial charge in [-0.05, 0) is 26.3 Å². The quantitative estimate of drug-likeness (QED) is 0.741. The number of thiophene rings is 1. The fraction of sp³-hybridized carbons (Fsp3) is 0.450. The van der Waals surface area contributed by atoms with Crippen molar-refractivity contribution >= 4 is 28.2 Å². The fourth-order valence-corrected chi connectivity index (χ4v) is 4.66. The van der Waals surface area contributed by atoms with E-state index in [-0.39, 0.29) is 11.3 Å². The van der Waals surface area contributed by atoms with Crippen molar-refractivity contribution in [3.8, 4) is 0 Å². The number of nitrogens with one attached hydrogen (secondary N) is 2. The van der Waals surface area contributed by atoms with Crippen molar-refractivity contribution in [2.45, 2.75) is 26.3 Å². The molecule has 0 bridgehead atoms. The molecule has 0 spiro atoms. The van der Waals surface area contributed by atoms with E-state index in [1.54, 1.807) is 11.3 Å². The summed E-state index contributed by atoms with van der Waals surface area (Å²) in [6.07, 6.45) is 3.40. The monoisotopic (exact) mass is 406 g/mol. The molecule has 0 aliphatic carbocycles. The third-order valence-electron chi connectivity index (χ3n) is 5.08. The summed E-state index contributed by atoms with van der Waals surface area (Å²) in [5.41, 5.74) is 1.85. The van der Waals surface area contributed by atoms with Gasteiger partial charge in [-0.1, -0.05) is 0 Å². The SMILES string of the molecule is CCOCCC1CN(C2=c3ncc(F)c(F)c3=CNc3sc(C)cc32)CCN1. The lowest BCUT2D eigenvalue weighted by Crippen LogP contribution is -2.52. The fourth-order valence-electron chi connectivity index (χ4n) is 3.78. The smallest absolute Gasteiger partial charge is 0.177 e. The van der Waals surface area contributed by atoms with Crippen molar-refractivity contribution in [2.75, 3.05) is 38.2 Å². The molecule has 150 valence electrons. The number of fused-ring (bicyclic) bond motifs is 2. The van der Waals surface area contributed by atoms with Crippen LogP contribution in [0.15, 0.2) is 12.3 Å². The number of halogens is 2. The Morgan fingerprint density at radius 2 is 2.25 bits per heavy atom. The van der Waals surface area contributed by atoms with Gasteiger partial charge in [-0.25, -0.2) is 8.78 Å². The zero-order chi connectivity index (χ0) is 19.7. The van der Waals surface area contributed by atoms with E-state index >= 15 is 0 Å². The number of hydrogen-bond acceptors (Lipinski definition) is 6. The molecule has 1 atom stereocenters. The molecule has 2 N–H and O–H groups in total. The zero-order valence-corrected chi connectivity index (χ0v) is 16.8. The van der Waals surface area contributed by atoms with Crippen molar-refractivity contribution < 1.29 is 13.5 Å². The van der Waals surface area contributed by atoms with E-state index in [0.717, 1.165) is 53.4 Å². The van der Waals surface area contributed by atoms with Crippen LogP contribution in [0.3, 0.4) is 0 Å². The lowest BCUT2D eigenvalue weighted by Gasteiger charge is -2.36. The van der Waals surface area contributed by atoms with Crippen LogP contribution in [0, 0.1) is 18.6 Å². The minimum absolute atomic E-state index is 0.167. The van der Waals surface area contributed by atoms with Gasteiger partial charge in [-0.3, -0.25) is 4.98 Å². The molecule has 0 amide bonds. The molecule has 0 radical (unpaired) electrons. The van der Waals surface area contributed by atoms with Crippen LogP contribution >= 0.6 is 11.3 Å². The van der Waals surface area contributed by atoms with Crippen LogP contribution in [0.5, 0.6) is 0 Å². The first kappa shape index (κ1) is 19.3. The highest BCUT2D eigenvalue weighted by Gasteiger charge is 2.27. The second-order valence-corrected chi connectivity index (χ2v) is 8.26. The van der Waals surface area contributed by atoms with Crippen LogP contribution in [-0.2, 0) is 4.74 Å². The highest BCUT2D eigenvalue weighted by Crippen LogP contribution is 2.34. The number of anilines is 1. The summed E-state index contributed by atoms with van der Waals surface area (Å²) in [4.78, 5) is 7.69. The van der Waals surface area contributed by atoms with E-state index in [9.17, 15) is 8.78 Å². The summed E-state index contributed by atoms with van der Waals surface area (Å²) < 4.78 is 33.9. The Hall–Kier alpha value is -2.03. The number of nitrogens with zero attached hydrogens (tertiary/aromatic N) is 2. The molecular formula is C20H24F2N4OS. The standard InChI is InChI=1S/C20H24F2N4OS/c1-3-27-7-4-13-11-26(6-5-23-13)19-14-8-12(2)28-20(14)25-9-15-17(22)16(21)10-24-18(15)19/h8-10,13,23,25H,3-7,11H2,1-2H3. The van der Waals surface area contributed by atoms with Gasteiger partial charge in [0.25, 0.3) is 0 Å². The van der Waals surface area contributed by atoms with Crippen LogP contribution in [0.1, 0.15) is 23.8 Å². The van der Waals surface area contributed by atoms with Crippen molar-refractivity contribution in [3.63, 3.8) is 0 Å². The molecule has 0 aromatic carbocycles. The maximum absolute atomic E-state index is 14.6. The first-order valence-corrected chi connectivity index (χ1v) is 10.4. The van der Waals surface area contributed by atoms with Crippen LogP contribution in [-0.4, -0.2) is 48.8 Å². The predicted octanol–water partition coefficient (Wildman–Crippen LogP) is 1.75. The van der Waals surface area contributed by atoms with Crippen LogP contribution < -0.4 is 21.2 Å². The lowest BCUT2D eigenvalue weighted by atomic mass is 10.1. The topological polar surface area (TPSA) is 49.4 Å². The summed E-state index contributed by atoms with van der Waals surface area (Å²) in [5, 5.41) is 8.25. The molecule has 28 heavy (non-hydrogen) atoms. The number of pyridine rings is 1. The number of aromatic nitrogens is 1. The molecule has 1 fully saturated rings. The number of hydrogen-bond donors (Lipinski definition) is 2. The van der Waals surface area contributed by atoms with Gasteiger partial charge in [0.15, 0.2) is 11.6 Å². The van der Waals surface area contributed by atoms with E-state index < -0.39 is 11.6 Å². The van der Waals surface area contributed by atoms with Gasteiger partial charge >= 0.3 is 0 Å². The molecule has 2 aliphatic rings. The maximum Gasteiger partial charge on any atom is 0.177 e. The van der Waals surface area contributed by atoms with Crippen LogP contribution in [0.25, 0.3) is 11.9 Å². The van der Waals surface area contributed by atoms with Gasteiger partial charge in [0.1, 0.15) is 5.00 Å². The first-order chi connectivity index (χ1) is 13.6. The first-order valence-electron chi connectivity index (χ1n) is 9.56. The third-order valence-corrected chi connectivity index (χ3v) is 6.06. The van der Waals surface area contributed by atoms with E-state index in [0.29, 0.717) is 18.6 Å². The normalized spacial score (nSPS) is 18.8. The highest BCUT2D eigenvalue weighted by molar-refractivity contribution is 7.16. The average molecular weight is 407 g/mol. The molecule has 0 saturated carbocycles. The lowest BCUT2D eigenvalue weighted by molar-refractivity contribution is 0.127. The van der Waals surface area contributed by atoms with Gasteiger partial charge in [-0.2, -0.15) is 0 Å². The molecule has 2 aromatic heterocycles. The summed E-state index contributed by atoms with van der Waals surface area (Å²) in [7, 11) is 0. The van der Waals surface area contributed by atoms with Gasteiger partial charge in [-0.15, -0.1) is 11.3 Å². The summed E-state index contributed by atoms with van der Waals surface area (Å²) >= 11 is 1.60. The Bertz CT molecular complexity index is 991. The maximum atomic E-state index is 14.6. The summed E-state index contributed by atoms with van der Waals surface area (Å²) in [5.74, 6) is -1.81. The Morgan fingerprint density at radius 3 is 3.07 bits per heavy atom. The van der Waals surface area contributed by atoms with Crippen LogP contribution in [0.2, 0.25) is 0 Å². The summed E-state index contributed by atoms with van der Waals surface area (Å²) in [6, 6.07) is 2.36. The third kappa shape index (κ3) is 3.64. The van der Waals surface area contributed by atoms with E-state index in [2.05, 4.69) is 26.6 Å². The van der Waals surface area contributed by atoms with Gasteiger partial charge in [0.2, 0.25) is 0 Å². The predicted molar refractivity (Wildman–Crippen MR) is 108 cm³/mol. The van der Waals surface area contributed by atoms with Crippen LogP contribution in [0.4, 0.5) is 13.8 Å². The molecule has 1 unspecified atom stereocenters. The van der Waals surface area contributed by atoms with E-state index in [1.807, 2.05) is 13.8 Å². The number of ether oxygens (including phenoxy) is 1. The molecule has 4 rings (SSSR count). The Balaban J connectivity index is 1.80. The number of piperazine rings is 1. The molecule has 2 aromatic rings. The zero-order valence-electron chi connectivity index (χ0n) is 16.0. The van der Waals surface area contributed by atoms with Crippen molar-refractivity contribution in [1.29, 1.82) is 0 Å². The Kier molecular flexibility index (Phi) is 5.61. The molecule has 2 aliphatic heterocycles. The minimum Gasteiger partial charge on any atom is -0.382 e. The Labute approximate surface area is 166 Å². The van der Waals surface area contributed by atoms with Gasteiger partial charge < -0.3 is 20.3 Å². The minimum atomic E-state index is -0.938. The number of aryl methyl sites for hydroxylation is 1. The van der Waals surface area contributed by atoms with E-state index in [1.165, 1.54) is 6.20 Å². The molecule has 4 heterocycles. The van der Waals surface area contributed by atoms with Crippen molar-refractivity contribution in [2.24, 2.45) is 0 Å². The molecule has 5 nitrogen and oxygen atoms in total. The summed E-state index contributed by atoms with van der Waals surface area (Å²) in [6.45, 7) is 7.78. The van der Waals surface area contributed by atoms with E-state index in [4.69, 9.17) is 4.74 Å². The Morgan fingerprint density at radius 1 is 1.39 bits per heavy atom.